The van der Waals surface area contributed by atoms with Crippen LogP contribution in [0.3, 0.4) is 0 Å². The van der Waals surface area contributed by atoms with E-state index >= 15 is 0 Å². The molecule has 0 aliphatic heterocycles. The molecule has 0 bridgehead atoms. The van der Waals surface area contributed by atoms with Gasteiger partial charge in [-0.05, 0) is 0 Å². The summed E-state index contributed by atoms with van der Waals surface area (Å²) in [4.78, 5) is 31.3. The minimum atomic E-state index is -2.83. The van der Waals surface area contributed by atoms with Gasteiger partial charge in [-0.1, -0.05) is 6.58 Å². The number of carboxylic acids is 2. The van der Waals surface area contributed by atoms with Crippen molar-refractivity contribution in [1.82, 2.24) is 0 Å². The van der Waals surface area contributed by atoms with Crippen LogP contribution in [0, 0.1) is 0 Å². The fourth-order valence-electron chi connectivity index (χ4n) is 0.819. The molecule has 84 valence electrons. The predicted molar refractivity (Wildman–Crippen MR) is 40.5 cm³/mol. The first kappa shape index (κ1) is 22.3. The minimum Gasteiger partial charge on any atom is -0.550 e. The summed E-state index contributed by atoms with van der Waals surface area (Å²) in [5.41, 5.74) is -2.83. The Morgan fingerprint density at radius 2 is 1.71 bits per heavy atom. The predicted octanol–water partition coefficient (Wildman–Crippen LogP) is -9.31. The number of rotatable bonds is 6. The molecule has 1 unspecified atom stereocenters. The first-order valence-electron chi connectivity index (χ1n) is 3.76. The van der Waals surface area contributed by atoms with Crippen LogP contribution in [0.1, 0.15) is 12.8 Å². The fourth-order valence-corrected chi connectivity index (χ4v) is 0.819. The quantitative estimate of drug-likeness (QED) is 0.286. The molecular weight excluding hydrogens is 254 g/mol. The molecule has 0 spiro atoms. The molecule has 0 radical (unpaired) electrons. The Hall–Kier alpha value is 0.110. The molecule has 1 atom stereocenters. The summed E-state index contributed by atoms with van der Waals surface area (Å²) in [7, 11) is 0. The molecule has 7 nitrogen and oxygen atoms in total. The first-order valence-corrected chi connectivity index (χ1v) is 3.76. The summed E-state index contributed by atoms with van der Waals surface area (Å²) >= 11 is 0. The zero-order chi connectivity index (χ0) is 12.1. The number of hydrogen-bond acceptors (Lipinski definition) is 7. The first-order chi connectivity index (χ1) is 6.81. The van der Waals surface area contributed by atoms with Gasteiger partial charge in [-0.25, -0.2) is 0 Å². The Morgan fingerprint density at radius 1 is 1.24 bits per heavy atom. The van der Waals surface area contributed by atoms with Crippen LogP contribution in [0.2, 0.25) is 0 Å². The van der Waals surface area contributed by atoms with E-state index < -0.39 is 36.4 Å². The topological polar surface area (TPSA) is 127 Å². The Bertz CT molecular complexity index is 304. The fraction of sp³-hybridized carbons (Fsp3) is 0.375. The number of carbonyl (C=O) groups is 3. The minimum absolute atomic E-state index is 0. The van der Waals surface area contributed by atoms with Gasteiger partial charge in [0.05, 0.1) is 18.7 Å². The van der Waals surface area contributed by atoms with Crippen molar-refractivity contribution in [2.24, 2.45) is 0 Å². The monoisotopic (exact) mass is 262 g/mol. The Morgan fingerprint density at radius 3 is 2.00 bits per heavy atom. The third-order valence-corrected chi connectivity index (χ3v) is 1.47. The molecule has 9 heteroatoms. The Balaban J connectivity index is -0.000000980. The molecule has 0 fully saturated rings. The van der Waals surface area contributed by atoms with Crippen molar-refractivity contribution in [3.8, 4) is 0 Å². The number of ether oxygens (including phenoxy) is 1. The average Bonchev–Trinajstić information content (AvgIpc) is 2.01. The molecule has 0 rings (SSSR count). The number of aliphatic hydroxyl groups is 1. The third-order valence-electron chi connectivity index (χ3n) is 1.47. The normalized spacial score (nSPS) is 12.1. The largest absolute Gasteiger partial charge is 1.00 e. The zero-order valence-electron chi connectivity index (χ0n) is 9.60. The summed E-state index contributed by atoms with van der Waals surface area (Å²) in [6.07, 6.45) is -1.60. The van der Waals surface area contributed by atoms with Crippen LogP contribution in [-0.2, 0) is 19.1 Å². The number of hydrogen-bond donors (Lipinski definition) is 1. The summed E-state index contributed by atoms with van der Waals surface area (Å²) in [6, 6.07) is 0. The van der Waals surface area contributed by atoms with Gasteiger partial charge in [0.1, 0.15) is 5.60 Å². The maximum absolute atomic E-state index is 10.8. The van der Waals surface area contributed by atoms with Crippen molar-refractivity contribution in [3.05, 3.63) is 12.8 Å². The van der Waals surface area contributed by atoms with Crippen LogP contribution in [-0.4, -0.2) is 28.6 Å². The Kier molecular flexibility index (Phi) is 13.2. The van der Waals surface area contributed by atoms with Crippen molar-refractivity contribution in [1.29, 1.82) is 0 Å². The van der Waals surface area contributed by atoms with E-state index in [1.165, 1.54) is 0 Å². The summed E-state index contributed by atoms with van der Waals surface area (Å²) < 4.78 is 4.13. The van der Waals surface area contributed by atoms with Crippen LogP contribution >= 0.6 is 0 Å². The number of aliphatic carboxylic acids is 2. The van der Waals surface area contributed by atoms with Gasteiger partial charge >= 0.3 is 65.1 Å². The second-order valence-corrected chi connectivity index (χ2v) is 2.70. The summed E-state index contributed by atoms with van der Waals surface area (Å²) in [6.45, 7) is 3.02. The van der Waals surface area contributed by atoms with Crippen LogP contribution < -0.4 is 69.3 Å². The van der Waals surface area contributed by atoms with Crippen molar-refractivity contribution in [2.45, 2.75) is 18.4 Å². The number of esters is 1. The molecule has 0 aromatic heterocycles. The molecule has 0 aliphatic rings. The molecule has 0 aromatic rings. The second kappa shape index (κ2) is 10.1. The van der Waals surface area contributed by atoms with Crippen LogP contribution in [0.25, 0.3) is 0 Å². The molecule has 0 amide bonds. The van der Waals surface area contributed by atoms with Crippen molar-refractivity contribution < 1.29 is 93.6 Å². The van der Waals surface area contributed by atoms with Gasteiger partial charge in [-0.2, -0.15) is 0 Å². The summed E-state index contributed by atoms with van der Waals surface area (Å²) in [5.74, 6) is -5.06. The molecule has 0 heterocycles. The molecule has 0 aromatic carbocycles. The Labute approximate surface area is 141 Å². The van der Waals surface area contributed by atoms with E-state index in [1.54, 1.807) is 0 Å². The molecule has 1 N–H and O–H groups in total. The van der Waals surface area contributed by atoms with E-state index in [2.05, 4.69) is 11.3 Å². The van der Waals surface area contributed by atoms with Gasteiger partial charge in [0.2, 0.25) is 0 Å². The van der Waals surface area contributed by atoms with Gasteiger partial charge in [-0.15, -0.1) is 0 Å². The van der Waals surface area contributed by atoms with Crippen molar-refractivity contribution in [3.63, 3.8) is 0 Å². The average molecular weight is 262 g/mol. The zero-order valence-corrected chi connectivity index (χ0v) is 13.6. The van der Waals surface area contributed by atoms with E-state index in [9.17, 15) is 29.7 Å². The third kappa shape index (κ3) is 8.78. The van der Waals surface area contributed by atoms with Crippen molar-refractivity contribution >= 4 is 17.9 Å². The van der Waals surface area contributed by atoms with Crippen LogP contribution in [0.5, 0.6) is 0 Å². The molecule has 0 saturated heterocycles. The molecule has 17 heavy (non-hydrogen) atoms. The van der Waals surface area contributed by atoms with Gasteiger partial charge in [-0.3, -0.25) is 4.79 Å². The SMILES string of the molecule is C=COC(=O)CC(O)(CC(=O)[O-])C(=O)[O-].[Na+].[Na+]. The summed E-state index contributed by atoms with van der Waals surface area (Å²) in [5, 5.41) is 29.8. The maximum atomic E-state index is 10.8. The second-order valence-electron chi connectivity index (χ2n) is 2.70. The standard InChI is InChI=1S/C8H10O7.2Na/c1-2-15-6(11)4-8(14,7(12)13)3-5(9)10;;/h2,14H,1,3-4H2,(H,9,10)(H,12,13);;/q;2*+1/p-2. The van der Waals surface area contributed by atoms with E-state index in [4.69, 9.17) is 0 Å². The molecular formula is C8H8Na2O7. The van der Waals surface area contributed by atoms with Gasteiger partial charge in [0.25, 0.3) is 0 Å². The van der Waals surface area contributed by atoms with Crippen LogP contribution in [0.15, 0.2) is 12.8 Å². The van der Waals surface area contributed by atoms with E-state index in [-0.39, 0.29) is 59.1 Å². The van der Waals surface area contributed by atoms with Crippen LogP contribution in [0.4, 0.5) is 0 Å². The van der Waals surface area contributed by atoms with Gasteiger partial charge in [0.15, 0.2) is 0 Å². The number of carbonyl (C=O) groups excluding carboxylic acids is 3. The van der Waals surface area contributed by atoms with Crippen molar-refractivity contribution in [2.75, 3.05) is 0 Å². The van der Waals surface area contributed by atoms with Gasteiger partial charge < -0.3 is 29.6 Å². The van der Waals surface area contributed by atoms with E-state index in [1.807, 2.05) is 0 Å². The maximum Gasteiger partial charge on any atom is 1.00 e. The molecule has 0 aliphatic carbocycles. The smallest absolute Gasteiger partial charge is 0.550 e. The molecule has 0 saturated carbocycles. The van der Waals surface area contributed by atoms with Gasteiger partial charge in [0, 0.05) is 12.4 Å². The van der Waals surface area contributed by atoms with E-state index in [0.29, 0.717) is 0 Å². The number of carboxylic acid groups (broad SMARTS) is 2. The van der Waals surface area contributed by atoms with E-state index in [0.717, 1.165) is 6.26 Å².